The highest BCUT2D eigenvalue weighted by atomic mass is 19.1. The Hall–Kier alpha value is -2.06. The molecule has 0 aliphatic carbocycles. The van der Waals surface area contributed by atoms with E-state index in [0.717, 1.165) is 12.1 Å². The topological polar surface area (TPSA) is 92.9 Å². The lowest BCUT2D eigenvalue weighted by molar-refractivity contribution is -0.387. The van der Waals surface area contributed by atoms with Gasteiger partial charge in [0, 0.05) is 18.7 Å². The zero-order valence-electron chi connectivity index (χ0n) is 11.4. The molecule has 0 saturated carbocycles. The number of ether oxygens (including phenoxy) is 1. The number of carbonyl (C=O) groups is 1. The monoisotopic (exact) mass is 298 g/mol. The third-order valence-corrected chi connectivity index (χ3v) is 3.57. The van der Waals surface area contributed by atoms with Gasteiger partial charge in [0.25, 0.3) is 0 Å². The van der Waals surface area contributed by atoms with Crippen molar-refractivity contribution in [2.45, 2.75) is 12.6 Å². The largest absolute Gasteiger partial charge is 0.481 e. The summed E-state index contributed by atoms with van der Waals surface area (Å²) in [5.41, 5.74) is -0.0364. The van der Waals surface area contributed by atoms with E-state index in [2.05, 4.69) is 0 Å². The van der Waals surface area contributed by atoms with Crippen LogP contribution in [0.2, 0.25) is 0 Å². The van der Waals surface area contributed by atoms with Gasteiger partial charge in [0.2, 0.25) is 5.82 Å². The predicted molar refractivity (Wildman–Crippen MR) is 70.3 cm³/mol. The van der Waals surface area contributed by atoms with Gasteiger partial charge in [-0.05, 0) is 18.7 Å². The number of aliphatic carboxylic acids is 1. The Morgan fingerprint density at radius 1 is 1.57 bits per heavy atom. The highest BCUT2D eigenvalue weighted by molar-refractivity contribution is 5.71. The second kappa shape index (κ2) is 6.15. The van der Waals surface area contributed by atoms with Crippen LogP contribution in [0, 0.1) is 21.8 Å². The average molecular weight is 298 g/mol. The lowest BCUT2D eigenvalue weighted by atomic mass is 10.0. The first kappa shape index (κ1) is 15.3. The van der Waals surface area contributed by atoms with Crippen molar-refractivity contribution in [3.63, 3.8) is 0 Å². The number of likely N-dealkylation sites (N-methyl/N-ethyl adjacent to an activating group) is 1. The number of carboxylic acids is 1. The molecule has 2 atom stereocenters. The highest BCUT2D eigenvalue weighted by Crippen LogP contribution is 2.23. The molecule has 1 aliphatic heterocycles. The fourth-order valence-corrected chi connectivity index (χ4v) is 2.42. The molecule has 0 bridgehead atoms. The van der Waals surface area contributed by atoms with Gasteiger partial charge in [-0.1, -0.05) is 6.07 Å². The summed E-state index contributed by atoms with van der Waals surface area (Å²) in [4.78, 5) is 22.6. The van der Waals surface area contributed by atoms with Gasteiger partial charge < -0.3 is 9.84 Å². The smallest absolute Gasteiger partial charge is 0.310 e. The zero-order chi connectivity index (χ0) is 15.6. The number of hydrogen-bond donors (Lipinski definition) is 1. The van der Waals surface area contributed by atoms with Crippen molar-refractivity contribution in [2.24, 2.45) is 5.92 Å². The van der Waals surface area contributed by atoms with Crippen LogP contribution in [0.1, 0.15) is 5.56 Å². The number of carboxylic acid groups (broad SMARTS) is 1. The van der Waals surface area contributed by atoms with Crippen molar-refractivity contribution in [1.82, 2.24) is 4.90 Å². The van der Waals surface area contributed by atoms with Gasteiger partial charge in [-0.25, -0.2) is 0 Å². The molecule has 1 aliphatic rings. The maximum absolute atomic E-state index is 13.6. The van der Waals surface area contributed by atoms with Gasteiger partial charge in [-0.3, -0.25) is 19.8 Å². The number of hydrogen-bond acceptors (Lipinski definition) is 5. The van der Waals surface area contributed by atoms with Crippen LogP contribution >= 0.6 is 0 Å². The molecule has 0 aromatic heterocycles. The van der Waals surface area contributed by atoms with E-state index in [9.17, 15) is 19.3 Å². The van der Waals surface area contributed by atoms with Crippen LogP contribution in [0.4, 0.5) is 10.1 Å². The van der Waals surface area contributed by atoms with E-state index in [0.29, 0.717) is 12.2 Å². The molecule has 1 N–H and O–H groups in total. The van der Waals surface area contributed by atoms with E-state index in [1.54, 1.807) is 11.9 Å². The van der Waals surface area contributed by atoms with E-state index in [1.807, 2.05) is 0 Å². The van der Waals surface area contributed by atoms with Crippen LogP contribution in [0.3, 0.4) is 0 Å². The number of rotatable bonds is 5. The summed E-state index contributed by atoms with van der Waals surface area (Å²) < 4.78 is 18.7. The molecule has 8 heteroatoms. The molecule has 1 heterocycles. The Kier molecular flexibility index (Phi) is 4.49. The molecule has 1 aromatic rings. The van der Waals surface area contributed by atoms with Crippen molar-refractivity contribution in [3.8, 4) is 0 Å². The SMILES string of the molecule is CN(Cc1ccc([N+](=O)[O-])c(F)c1)C1COCC1C(=O)O. The first-order valence-electron chi connectivity index (χ1n) is 6.33. The average Bonchev–Trinajstić information content (AvgIpc) is 2.87. The van der Waals surface area contributed by atoms with E-state index < -0.39 is 28.3 Å². The molecule has 2 rings (SSSR count). The number of nitro benzene ring substituents is 1. The highest BCUT2D eigenvalue weighted by Gasteiger charge is 2.36. The molecule has 0 amide bonds. The van der Waals surface area contributed by atoms with Gasteiger partial charge in [0.1, 0.15) is 0 Å². The first-order valence-corrected chi connectivity index (χ1v) is 6.33. The lowest BCUT2D eigenvalue weighted by Gasteiger charge is -2.26. The Morgan fingerprint density at radius 3 is 2.86 bits per heavy atom. The van der Waals surface area contributed by atoms with Gasteiger partial charge in [0.15, 0.2) is 0 Å². The van der Waals surface area contributed by atoms with Crippen molar-refractivity contribution in [3.05, 3.63) is 39.7 Å². The van der Waals surface area contributed by atoms with E-state index in [4.69, 9.17) is 9.84 Å². The van der Waals surface area contributed by atoms with Crippen LogP contribution in [0.15, 0.2) is 18.2 Å². The summed E-state index contributed by atoms with van der Waals surface area (Å²) >= 11 is 0. The second-order valence-corrected chi connectivity index (χ2v) is 5.01. The fourth-order valence-electron chi connectivity index (χ4n) is 2.42. The van der Waals surface area contributed by atoms with Crippen LogP contribution in [0.25, 0.3) is 0 Å². The minimum absolute atomic E-state index is 0.152. The van der Waals surface area contributed by atoms with Crippen LogP contribution in [-0.2, 0) is 16.1 Å². The quantitative estimate of drug-likeness (QED) is 0.650. The first-order chi connectivity index (χ1) is 9.90. The number of halogens is 1. The molecule has 1 saturated heterocycles. The molecule has 1 aromatic carbocycles. The number of benzene rings is 1. The summed E-state index contributed by atoms with van der Waals surface area (Å²) in [5, 5.41) is 19.7. The zero-order valence-corrected chi connectivity index (χ0v) is 11.4. The molecule has 1 fully saturated rings. The molecule has 2 unspecified atom stereocenters. The standard InChI is InChI=1S/C13H15FN2O5/c1-15(12-7-21-6-9(12)13(17)18)5-8-2-3-11(16(19)20)10(14)4-8/h2-4,9,12H,5-7H2,1H3,(H,17,18). The molecule has 114 valence electrons. The molecule has 0 radical (unpaired) electrons. The maximum Gasteiger partial charge on any atom is 0.310 e. The summed E-state index contributed by atoms with van der Waals surface area (Å²) in [5.74, 6) is -2.46. The Morgan fingerprint density at radius 2 is 2.29 bits per heavy atom. The van der Waals surface area contributed by atoms with Crippen molar-refractivity contribution < 1.29 is 24.0 Å². The van der Waals surface area contributed by atoms with Gasteiger partial charge in [-0.15, -0.1) is 0 Å². The van der Waals surface area contributed by atoms with Gasteiger partial charge in [-0.2, -0.15) is 4.39 Å². The number of nitro groups is 1. The normalized spacial score (nSPS) is 21.7. The van der Waals surface area contributed by atoms with Crippen molar-refractivity contribution in [1.29, 1.82) is 0 Å². The van der Waals surface area contributed by atoms with Crippen molar-refractivity contribution in [2.75, 3.05) is 20.3 Å². The van der Waals surface area contributed by atoms with Crippen LogP contribution < -0.4 is 0 Å². The van der Waals surface area contributed by atoms with Crippen LogP contribution in [-0.4, -0.2) is 47.2 Å². The second-order valence-electron chi connectivity index (χ2n) is 5.01. The Labute approximate surface area is 120 Å². The fraction of sp³-hybridized carbons (Fsp3) is 0.462. The minimum Gasteiger partial charge on any atom is -0.481 e. The summed E-state index contributed by atoms with van der Waals surface area (Å²) in [7, 11) is 1.72. The van der Waals surface area contributed by atoms with E-state index >= 15 is 0 Å². The van der Waals surface area contributed by atoms with Gasteiger partial charge >= 0.3 is 11.7 Å². The van der Waals surface area contributed by atoms with E-state index in [-0.39, 0.29) is 19.2 Å². The third kappa shape index (κ3) is 3.34. The summed E-state index contributed by atoms with van der Waals surface area (Å²) in [6.45, 7) is 0.731. The predicted octanol–water partition coefficient (Wildman–Crippen LogP) is 1.27. The Bertz CT molecular complexity index is 565. The molecular formula is C13H15FN2O5. The molecule has 21 heavy (non-hydrogen) atoms. The Balaban J connectivity index is 2.09. The van der Waals surface area contributed by atoms with Crippen molar-refractivity contribution >= 4 is 11.7 Å². The van der Waals surface area contributed by atoms with Gasteiger partial charge in [0.05, 0.1) is 24.1 Å². The third-order valence-electron chi connectivity index (χ3n) is 3.57. The summed E-state index contributed by atoms with van der Waals surface area (Å²) in [6, 6.07) is 3.36. The van der Waals surface area contributed by atoms with E-state index in [1.165, 1.54) is 6.07 Å². The molecular weight excluding hydrogens is 283 g/mol. The summed E-state index contributed by atoms with van der Waals surface area (Å²) in [6.07, 6.45) is 0. The molecule has 0 spiro atoms. The minimum atomic E-state index is -0.931. The maximum atomic E-state index is 13.6. The lowest BCUT2D eigenvalue weighted by Crippen LogP contribution is -2.40. The molecule has 7 nitrogen and oxygen atoms in total. The number of nitrogens with zero attached hydrogens (tertiary/aromatic N) is 2. The van der Waals surface area contributed by atoms with Crippen LogP contribution in [0.5, 0.6) is 0 Å².